The van der Waals surface area contributed by atoms with Gasteiger partial charge in [-0.3, -0.25) is 9.80 Å². The number of carbonyl (C=O) groups is 1. The highest BCUT2D eigenvalue weighted by Gasteiger charge is 2.42. The molecule has 2 atom stereocenters. The van der Waals surface area contributed by atoms with Crippen molar-refractivity contribution in [2.75, 3.05) is 52.6 Å². The van der Waals surface area contributed by atoms with Crippen molar-refractivity contribution in [2.24, 2.45) is 0 Å². The summed E-state index contributed by atoms with van der Waals surface area (Å²) in [7, 11) is 0. The predicted molar refractivity (Wildman–Crippen MR) is 105 cm³/mol. The minimum atomic E-state index is -1.75. The molecule has 2 saturated heterocycles. The van der Waals surface area contributed by atoms with E-state index in [4.69, 9.17) is 79.1 Å². The molecule has 2 fully saturated rings. The first-order valence-electron chi connectivity index (χ1n) is 7.93. The van der Waals surface area contributed by atoms with Crippen LogP contribution in [0.4, 0.5) is 4.79 Å². The van der Waals surface area contributed by atoms with Gasteiger partial charge in [0.2, 0.25) is 7.59 Å². The molecule has 0 spiro atoms. The van der Waals surface area contributed by atoms with Gasteiger partial charge in [0.1, 0.15) is 12.3 Å². The zero-order valence-corrected chi connectivity index (χ0v) is 18.2. The van der Waals surface area contributed by atoms with Crippen molar-refractivity contribution in [1.29, 1.82) is 0 Å². The van der Waals surface area contributed by atoms with Crippen LogP contribution in [0.25, 0.3) is 0 Å². The number of nitrogens with one attached hydrogen (secondary N) is 2. The molecule has 0 aromatic carbocycles. The fourth-order valence-corrected chi connectivity index (χ4v) is 3.88. The molecule has 152 valence electrons. The molecule has 13 heteroatoms. The topological polar surface area (TPSA) is 66.1 Å². The number of ether oxygens (including phenoxy) is 2. The number of halogens is 6. The second-order valence-corrected chi connectivity index (χ2v) is 10.5. The van der Waals surface area contributed by atoms with Gasteiger partial charge in [-0.1, -0.05) is 69.6 Å². The first-order chi connectivity index (χ1) is 12.1. The summed E-state index contributed by atoms with van der Waals surface area (Å²) in [6, 6.07) is -0.615. The Morgan fingerprint density at radius 3 is 1.31 bits per heavy atom. The Kier molecular flexibility index (Phi) is 8.94. The molecule has 2 N–H and O–H groups in total. The first kappa shape index (κ1) is 23.1. The normalized spacial score (nSPS) is 23.3. The van der Waals surface area contributed by atoms with Crippen LogP contribution in [0.1, 0.15) is 0 Å². The van der Waals surface area contributed by atoms with Gasteiger partial charge in [0.25, 0.3) is 0 Å². The van der Waals surface area contributed by atoms with Gasteiger partial charge in [-0.05, 0) is 0 Å². The van der Waals surface area contributed by atoms with Crippen LogP contribution in [0, 0.1) is 0 Å². The maximum Gasteiger partial charge on any atom is 0.317 e. The summed E-state index contributed by atoms with van der Waals surface area (Å²) in [4.78, 5) is 16.2. The lowest BCUT2D eigenvalue weighted by atomic mass is 10.3. The minimum absolute atomic E-state index is 0.477. The van der Waals surface area contributed by atoms with Crippen LogP contribution >= 0.6 is 69.6 Å². The van der Waals surface area contributed by atoms with Crippen molar-refractivity contribution in [3.05, 3.63) is 0 Å². The molecule has 2 heterocycles. The Balaban J connectivity index is 2.04. The largest absolute Gasteiger partial charge is 0.379 e. The van der Waals surface area contributed by atoms with Gasteiger partial charge in [0.05, 0.1) is 26.4 Å². The van der Waals surface area contributed by atoms with Crippen LogP contribution in [0.3, 0.4) is 0 Å². The lowest BCUT2D eigenvalue weighted by molar-refractivity contribution is 0.00721. The molecule has 0 bridgehead atoms. The van der Waals surface area contributed by atoms with Crippen molar-refractivity contribution >= 4 is 75.6 Å². The standard InChI is InChI=1S/C13H20Cl6N4O3/c14-12(15,16)9(22-1-5-25-6-2-22)20-11(24)21-10(13(17,18)19)23-3-7-26-8-4-23/h9-10H,1-8H2,(H2,20,21,24)/t9-,10-/m1/s1. The van der Waals surface area contributed by atoms with Crippen molar-refractivity contribution in [3.8, 4) is 0 Å². The van der Waals surface area contributed by atoms with E-state index in [0.29, 0.717) is 52.6 Å². The van der Waals surface area contributed by atoms with Gasteiger partial charge >= 0.3 is 6.03 Å². The number of urea groups is 1. The molecule has 0 aromatic heterocycles. The highest BCUT2D eigenvalue weighted by Crippen LogP contribution is 2.34. The quantitative estimate of drug-likeness (QED) is 0.590. The molecule has 2 amide bonds. The summed E-state index contributed by atoms with van der Waals surface area (Å²) >= 11 is 36.3. The summed E-state index contributed by atoms with van der Waals surface area (Å²) in [6.07, 6.45) is -1.73. The maximum atomic E-state index is 12.6. The zero-order valence-electron chi connectivity index (χ0n) is 13.7. The van der Waals surface area contributed by atoms with E-state index in [1.165, 1.54) is 0 Å². The van der Waals surface area contributed by atoms with E-state index in [1.54, 1.807) is 0 Å². The van der Waals surface area contributed by atoms with Crippen LogP contribution in [-0.2, 0) is 9.47 Å². The first-order valence-corrected chi connectivity index (χ1v) is 10.2. The number of rotatable bonds is 4. The Hall–Kier alpha value is 0.850. The molecule has 0 saturated carbocycles. The molecule has 0 aliphatic carbocycles. The second kappa shape index (κ2) is 10.1. The summed E-state index contributed by atoms with van der Waals surface area (Å²) in [5, 5.41) is 5.32. The third-order valence-electron chi connectivity index (χ3n) is 3.98. The Labute approximate surface area is 182 Å². The van der Waals surface area contributed by atoms with E-state index in [-0.39, 0.29) is 0 Å². The molecule has 0 unspecified atom stereocenters. The monoisotopic (exact) mass is 490 g/mol. The summed E-state index contributed by atoms with van der Waals surface area (Å²) in [5.41, 5.74) is 0. The lowest BCUT2D eigenvalue weighted by Crippen LogP contribution is -2.64. The molecule has 26 heavy (non-hydrogen) atoms. The number of alkyl halides is 6. The highest BCUT2D eigenvalue weighted by molar-refractivity contribution is 6.68. The van der Waals surface area contributed by atoms with Crippen molar-refractivity contribution in [3.63, 3.8) is 0 Å². The third kappa shape index (κ3) is 7.03. The van der Waals surface area contributed by atoms with Gasteiger partial charge in [0, 0.05) is 26.2 Å². The van der Waals surface area contributed by atoms with E-state index in [2.05, 4.69) is 10.6 Å². The van der Waals surface area contributed by atoms with Crippen LogP contribution in [0.2, 0.25) is 0 Å². The van der Waals surface area contributed by atoms with Crippen LogP contribution in [0.5, 0.6) is 0 Å². The van der Waals surface area contributed by atoms with E-state index in [1.807, 2.05) is 9.80 Å². The summed E-state index contributed by atoms with van der Waals surface area (Å²) in [5.74, 6) is 0. The predicted octanol–water partition coefficient (Wildman–Crippen LogP) is 2.34. The molecule has 7 nitrogen and oxygen atoms in total. The van der Waals surface area contributed by atoms with Gasteiger partial charge in [-0.25, -0.2) is 4.79 Å². The lowest BCUT2D eigenvalue weighted by Gasteiger charge is -2.40. The number of hydrogen-bond acceptors (Lipinski definition) is 5. The molecular formula is C13H20Cl6N4O3. The number of hydrogen-bond donors (Lipinski definition) is 2. The SMILES string of the molecule is O=C(N[C@H](N1CCOCC1)C(Cl)(Cl)Cl)N[C@H](N1CCOCC1)C(Cl)(Cl)Cl. The van der Waals surface area contributed by atoms with Gasteiger partial charge < -0.3 is 20.1 Å². The molecule has 0 radical (unpaired) electrons. The molecule has 2 rings (SSSR count). The fraction of sp³-hybridized carbons (Fsp3) is 0.923. The molecular weight excluding hydrogens is 473 g/mol. The average molecular weight is 493 g/mol. The van der Waals surface area contributed by atoms with Crippen molar-refractivity contribution in [2.45, 2.75) is 19.9 Å². The van der Waals surface area contributed by atoms with Crippen LogP contribution in [-0.4, -0.2) is 88.4 Å². The number of amides is 2. The minimum Gasteiger partial charge on any atom is -0.379 e. The number of morpholine rings is 2. The average Bonchev–Trinajstić information content (AvgIpc) is 2.57. The molecule has 2 aliphatic heterocycles. The smallest absolute Gasteiger partial charge is 0.317 e. The van der Waals surface area contributed by atoms with Gasteiger partial charge in [-0.2, -0.15) is 0 Å². The highest BCUT2D eigenvalue weighted by atomic mass is 35.6. The maximum absolute atomic E-state index is 12.6. The Morgan fingerprint density at radius 2 is 1.04 bits per heavy atom. The van der Waals surface area contributed by atoms with E-state index < -0.39 is 25.9 Å². The van der Waals surface area contributed by atoms with Crippen molar-refractivity contribution in [1.82, 2.24) is 20.4 Å². The van der Waals surface area contributed by atoms with Crippen LogP contribution in [0.15, 0.2) is 0 Å². The Morgan fingerprint density at radius 1 is 0.731 bits per heavy atom. The van der Waals surface area contributed by atoms with Crippen LogP contribution < -0.4 is 10.6 Å². The zero-order chi connectivity index (χ0) is 19.4. The molecule has 2 aliphatic rings. The number of carbonyl (C=O) groups excluding carboxylic acids is 1. The second-order valence-electron chi connectivity index (χ2n) is 5.80. The van der Waals surface area contributed by atoms with E-state index >= 15 is 0 Å². The van der Waals surface area contributed by atoms with E-state index in [9.17, 15) is 4.79 Å². The third-order valence-corrected chi connectivity index (χ3v) is 5.22. The summed E-state index contributed by atoms with van der Waals surface area (Å²) in [6.45, 7) is 3.95. The van der Waals surface area contributed by atoms with Gasteiger partial charge in [-0.15, -0.1) is 0 Å². The summed E-state index contributed by atoms with van der Waals surface area (Å²) < 4.78 is 7.08. The Bertz CT molecular complexity index is 424. The van der Waals surface area contributed by atoms with Gasteiger partial charge in [0.15, 0.2) is 0 Å². The number of nitrogens with zero attached hydrogens (tertiary/aromatic N) is 2. The molecule has 0 aromatic rings. The fourth-order valence-electron chi connectivity index (χ4n) is 2.72. The van der Waals surface area contributed by atoms with E-state index in [0.717, 1.165) is 0 Å². The van der Waals surface area contributed by atoms with Crippen molar-refractivity contribution < 1.29 is 14.3 Å².